The number of ether oxygens (including phenoxy) is 2. The van der Waals surface area contributed by atoms with E-state index in [-0.39, 0.29) is 10.8 Å². The summed E-state index contributed by atoms with van der Waals surface area (Å²) >= 11 is 0. The molecule has 8 heteroatoms. The van der Waals surface area contributed by atoms with Crippen LogP contribution < -0.4 is 14.2 Å². The van der Waals surface area contributed by atoms with Gasteiger partial charge in [-0.15, -0.1) is 0 Å². The van der Waals surface area contributed by atoms with Gasteiger partial charge in [0.05, 0.1) is 19.1 Å². The molecule has 1 N–H and O–H groups in total. The summed E-state index contributed by atoms with van der Waals surface area (Å²) in [4.78, 5) is 14.9. The average molecular weight is 453 g/mol. The van der Waals surface area contributed by atoms with Crippen LogP contribution in [0.25, 0.3) is 0 Å². The summed E-state index contributed by atoms with van der Waals surface area (Å²) in [5, 5.41) is 0. The lowest BCUT2D eigenvalue weighted by atomic mass is 9.99. The van der Waals surface area contributed by atoms with Gasteiger partial charge in [0.2, 0.25) is 0 Å². The topological polar surface area (TPSA) is 84.9 Å². The summed E-state index contributed by atoms with van der Waals surface area (Å²) < 4.78 is 38.6. The van der Waals surface area contributed by atoms with Crippen molar-refractivity contribution in [3.63, 3.8) is 0 Å². The van der Waals surface area contributed by atoms with Gasteiger partial charge in [0.25, 0.3) is 15.9 Å². The first-order valence-electron chi connectivity index (χ1n) is 10.1. The highest BCUT2D eigenvalue weighted by atomic mass is 32.2. The minimum Gasteiger partial charge on any atom is -0.497 e. The molecule has 0 aromatic heterocycles. The molecule has 0 bridgehead atoms. The number of anilines is 1. The molecule has 0 saturated heterocycles. The van der Waals surface area contributed by atoms with E-state index in [1.807, 2.05) is 18.2 Å². The van der Waals surface area contributed by atoms with Crippen LogP contribution in [0, 0.1) is 0 Å². The zero-order chi connectivity index (χ0) is 22.7. The number of hydrogen-bond acceptors (Lipinski definition) is 5. The maximum absolute atomic E-state index is 13.1. The van der Waals surface area contributed by atoms with E-state index in [0.717, 1.165) is 17.7 Å². The Morgan fingerprint density at radius 1 is 0.906 bits per heavy atom. The van der Waals surface area contributed by atoms with Crippen molar-refractivity contribution in [3.05, 3.63) is 83.4 Å². The fraction of sp³-hybridized carbons (Fsp3) is 0.208. The fourth-order valence-electron chi connectivity index (χ4n) is 3.69. The number of methoxy groups -OCH3 is 2. The molecule has 0 saturated carbocycles. The molecule has 1 aliphatic heterocycles. The Balaban J connectivity index is 1.53. The lowest BCUT2D eigenvalue weighted by molar-refractivity contribution is 0.0734. The Morgan fingerprint density at radius 3 is 2.34 bits per heavy atom. The zero-order valence-electron chi connectivity index (χ0n) is 17.9. The second kappa shape index (κ2) is 8.92. The van der Waals surface area contributed by atoms with E-state index in [1.54, 1.807) is 55.5 Å². The molecule has 32 heavy (non-hydrogen) atoms. The minimum absolute atomic E-state index is 0.0262. The van der Waals surface area contributed by atoms with Crippen LogP contribution in [0.4, 0.5) is 5.69 Å². The monoisotopic (exact) mass is 452 g/mol. The molecular weight excluding hydrogens is 428 g/mol. The predicted octanol–water partition coefficient (Wildman–Crippen LogP) is 3.70. The number of carbonyl (C=O) groups is 1. The van der Waals surface area contributed by atoms with Crippen LogP contribution in [0.15, 0.2) is 71.6 Å². The Labute approximate surface area is 187 Å². The van der Waals surface area contributed by atoms with Crippen molar-refractivity contribution in [2.24, 2.45) is 0 Å². The van der Waals surface area contributed by atoms with Crippen molar-refractivity contribution >= 4 is 21.6 Å². The van der Waals surface area contributed by atoms with Crippen LogP contribution >= 0.6 is 0 Å². The lowest BCUT2D eigenvalue weighted by Gasteiger charge is -2.29. The largest absolute Gasteiger partial charge is 0.497 e. The first-order chi connectivity index (χ1) is 15.4. The fourth-order valence-corrected chi connectivity index (χ4v) is 4.79. The van der Waals surface area contributed by atoms with Crippen molar-refractivity contribution in [1.82, 2.24) is 4.90 Å². The van der Waals surface area contributed by atoms with E-state index in [9.17, 15) is 13.2 Å². The highest BCUT2D eigenvalue weighted by molar-refractivity contribution is 7.92. The van der Waals surface area contributed by atoms with Gasteiger partial charge in [-0.05, 0) is 72.1 Å². The highest BCUT2D eigenvalue weighted by Crippen LogP contribution is 2.26. The number of rotatable bonds is 6. The predicted molar refractivity (Wildman–Crippen MR) is 122 cm³/mol. The molecule has 0 fully saturated rings. The van der Waals surface area contributed by atoms with Gasteiger partial charge in [0.1, 0.15) is 11.5 Å². The SMILES string of the molecule is COc1ccc(NS(=O)(=O)c2cccc(C(=O)N3CCc4ccc(OC)cc4C3)c2)cc1. The molecule has 0 atom stereocenters. The van der Waals surface area contributed by atoms with E-state index < -0.39 is 10.0 Å². The Bertz CT molecular complexity index is 1240. The van der Waals surface area contributed by atoms with Gasteiger partial charge in [-0.25, -0.2) is 8.42 Å². The van der Waals surface area contributed by atoms with Crippen molar-refractivity contribution in [2.45, 2.75) is 17.9 Å². The molecule has 166 valence electrons. The van der Waals surface area contributed by atoms with Crippen molar-refractivity contribution in [1.29, 1.82) is 0 Å². The van der Waals surface area contributed by atoms with Gasteiger partial charge in [-0.3, -0.25) is 9.52 Å². The van der Waals surface area contributed by atoms with Gasteiger partial charge in [0.15, 0.2) is 0 Å². The van der Waals surface area contributed by atoms with Gasteiger partial charge >= 0.3 is 0 Å². The Hall–Kier alpha value is -3.52. The maximum atomic E-state index is 13.1. The molecule has 4 rings (SSSR count). The lowest BCUT2D eigenvalue weighted by Crippen LogP contribution is -2.36. The summed E-state index contributed by atoms with van der Waals surface area (Å²) in [6.45, 7) is 1.02. The second-order valence-corrected chi connectivity index (χ2v) is 9.16. The molecule has 3 aromatic carbocycles. The molecular formula is C24H24N2O5S. The molecule has 0 aliphatic carbocycles. The zero-order valence-corrected chi connectivity index (χ0v) is 18.7. The third-order valence-electron chi connectivity index (χ3n) is 5.45. The van der Waals surface area contributed by atoms with Crippen LogP contribution in [-0.2, 0) is 23.0 Å². The van der Waals surface area contributed by atoms with E-state index in [2.05, 4.69) is 4.72 Å². The third-order valence-corrected chi connectivity index (χ3v) is 6.83. The van der Waals surface area contributed by atoms with E-state index in [4.69, 9.17) is 9.47 Å². The molecule has 1 amide bonds. The number of amides is 1. The van der Waals surface area contributed by atoms with E-state index in [1.165, 1.54) is 17.7 Å². The van der Waals surface area contributed by atoms with Gasteiger partial charge in [-0.1, -0.05) is 12.1 Å². The number of hydrogen-bond donors (Lipinski definition) is 1. The minimum atomic E-state index is -3.86. The quantitative estimate of drug-likeness (QED) is 0.616. The molecule has 3 aromatic rings. The number of fused-ring (bicyclic) bond motifs is 1. The van der Waals surface area contributed by atoms with Crippen molar-refractivity contribution in [2.75, 3.05) is 25.5 Å². The van der Waals surface area contributed by atoms with Crippen molar-refractivity contribution < 1.29 is 22.7 Å². The van der Waals surface area contributed by atoms with Crippen LogP contribution in [0.5, 0.6) is 11.5 Å². The van der Waals surface area contributed by atoms with E-state index >= 15 is 0 Å². The number of nitrogens with zero attached hydrogens (tertiary/aromatic N) is 1. The first kappa shape index (κ1) is 21.7. The van der Waals surface area contributed by atoms with Gasteiger partial charge in [-0.2, -0.15) is 0 Å². The summed E-state index contributed by atoms with van der Waals surface area (Å²) in [6, 6.07) is 18.5. The summed E-state index contributed by atoms with van der Waals surface area (Å²) in [5.41, 5.74) is 2.96. The molecule has 7 nitrogen and oxygen atoms in total. The van der Waals surface area contributed by atoms with Gasteiger partial charge < -0.3 is 14.4 Å². The number of sulfonamides is 1. The van der Waals surface area contributed by atoms with Crippen LogP contribution in [0.3, 0.4) is 0 Å². The third kappa shape index (κ3) is 4.55. The first-order valence-corrected chi connectivity index (χ1v) is 11.6. The van der Waals surface area contributed by atoms with Gasteiger partial charge in [0, 0.05) is 24.3 Å². The summed E-state index contributed by atoms with van der Waals surface area (Å²) in [5.74, 6) is 1.16. The second-order valence-electron chi connectivity index (χ2n) is 7.47. The van der Waals surface area contributed by atoms with Crippen molar-refractivity contribution in [3.8, 4) is 11.5 Å². The normalized spacial score (nSPS) is 13.2. The Morgan fingerprint density at radius 2 is 1.62 bits per heavy atom. The molecule has 0 unspecified atom stereocenters. The molecule has 0 radical (unpaired) electrons. The number of benzene rings is 3. The average Bonchev–Trinajstić information content (AvgIpc) is 2.83. The van der Waals surface area contributed by atoms with Crippen LogP contribution in [-0.4, -0.2) is 40.0 Å². The Kier molecular flexibility index (Phi) is 6.05. The van der Waals surface area contributed by atoms with Crippen LogP contribution in [0.1, 0.15) is 21.5 Å². The van der Waals surface area contributed by atoms with E-state index in [0.29, 0.717) is 30.1 Å². The highest BCUT2D eigenvalue weighted by Gasteiger charge is 2.24. The summed E-state index contributed by atoms with van der Waals surface area (Å²) in [6.07, 6.45) is 0.738. The maximum Gasteiger partial charge on any atom is 0.261 e. The summed E-state index contributed by atoms with van der Waals surface area (Å²) in [7, 11) is -0.704. The standard InChI is InChI=1S/C24H24N2O5S/c1-30-21-10-7-20(8-11-21)25-32(28,29)23-5-3-4-18(15-23)24(27)26-13-12-17-6-9-22(31-2)14-19(17)16-26/h3-11,14-15,25H,12-13,16H2,1-2H3. The smallest absolute Gasteiger partial charge is 0.261 e. The molecule has 1 aliphatic rings. The number of carbonyl (C=O) groups excluding carboxylic acids is 1. The molecule has 1 heterocycles. The number of nitrogens with one attached hydrogen (secondary N) is 1. The molecule has 0 spiro atoms. The van der Waals surface area contributed by atoms with Crippen LogP contribution in [0.2, 0.25) is 0 Å².